The van der Waals surface area contributed by atoms with Crippen LogP contribution in [0.25, 0.3) is 0 Å². The van der Waals surface area contributed by atoms with Crippen LogP contribution >= 0.6 is 11.6 Å². The number of fused-ring (bicyclic) bond motifs is 3. The van der Waals surface area contributed by atoms with Gasteiger partial charge < -0.3 is 10.1 Å². The van der Waals surface area contributed by atoms with Crippen LogP contribution in [0.4, 0.5) is 11.4 Å². The van der Waals surface area contributed by atoms with Gasteiger partial charge >= 0.3 is 0 Å². The number of anilines is 1. The summed E-state index contributed by atoms with van der Waals surface area (Å²) in [6.07, 6.45) is 5.20. The van der Waals surface area contributed by atoms with E-state index in [1.807, 2.05) is 37.3 Å². The first-order valence-electron chi connectivity index (χ1n) is 8.73. The van der Waals surface area contributed by atoms with Gasteiger partial charge in [-0.25, -0.2) is 0 Å². The summed E-state index contributed by atoms with van der Waals surface area (Å²) in [5, 5.41) is 15.8. The molecule has 6 heteroatoms. The third-order valence-electron chi connectivity index (χ3n) is 5.17. The number of ether oxygens (including phenoxy) is 1. The third-order valence-corrected chi connectivity index (χ3v) is 5.51. The molecule has 1 aliphatic heterocycles. The minimum Gasteiger partial charge on any atom is -0.494 e. The van der Waals surface area contributed by atoms with Crippen molar-refractivity contribution < 1.29 is 9.66 Å². The van der Waals surface area contributed by atoms with E-state index >= 15 is 0 Å². The SMILES string of the molecule is CCOc1cc2c(c([N+](=O)[O-])c1)N[C@H](c1ccccc1Cl)[C@H]1CC=C[C@H]21. The van der Waals surface area contributed by atoms with E-state index in [0.29, 0.717) is 23.1 Å². The molecule has 2 aromatic carbocycles. The van der Waals surface area contributed by atoms with Gasteiger partial charge in [0.05, 0.1) is 23.6 Å². The van der Waals surface area contributed by atoms with Crippen molar-refractivity contribution in [2.75, 3.05) is 11.9 Å². The number of nitrogens with one attached hydrogen (secondary N) is 1. The van der Waals surface area contributed by atoms with E-state index in [9.17, 15) is 10.1 Å². The van der Waals surface area contributed by atoms with Crippen LogP contribution in [0, 0.1) is 16.0 Å². The van der Waals surface area contributed by atoms with E-state index in [2.05, 4.69) is 17.5 Å². The number of allylic oxidation sites excluding steroid dienone is 2. The number of hydrogen-bond acceptors (Lipinski definition) is 4. The first kappa shape index (κ1) is 16.9. The molecule has 0 saturated carbocycles. The minimum absolute atomic E-state index is 0.0433. The van der Waals surface area contributed by atoms with Gasteiger partial charge in [0, 0.05) is 10.9 Å². The summed E-state index contributed by atoms with van der Waals surface area (Å²) in [6.45, 7) is 2.34. The van der Waals surface area contributed by atoms with Crippen LogP contribution in [0.2, 0.25) is 5.02 Å². The lowest BCUT2D eigenvalue weighted by atomic mass is 9.76. The predicted octanol–water partition coefficient (Wildman–Crippen LogP) is 5.47. The van der Waals surface area contributed by atoms with Crippen molar-refractivity contribution in [3.63, 3.8) is 0 Å². The summed E-state index contributed by atoms with van der Waals surface area (Å²) < 4.78 is 5.56. The topological polar surface area (TPSA) is 64.4 Å². The molecule has 2 aromatic rings. The molecule has 4 rings (SSSR count). The maximum Gasteiger partial charge on any atom is 0.296 e. The van der Waals surface area contributed by atoms with Crippen molar-refractivity contribution in [3.05, 3.63) is 74.8 Å². The van der Waals surface area contributed by atoms with Crippen molar-refractivity contribution in [2.45, 2.75) is 25.3 Å². The summed E-state index contributed by atoms with van der Waals surface area (Å²) >= 11 is 6.43. The molecular weight excluding hydrogens is 352 g/mol. The number of nitrogens with zero attached hydrogens (tertiary/aromatic N) is 1. The van der Waals surface area contributed by atoms with Crippen LogP contribution in [0.15, 0.2) is 48.6 Å². The van der Waals surface area contributed by atoms with E-state index in [4.69, 9.17) is 16.3 Å². The van der Waals surface area contributed by atoms with Crippen LogP contribution in [0.3, 0.4) is 0 Å². The lowest BCUT2D eigenvalue weighted by molar-refractivity contribution is -0.384. The molecule has 0 radical (unpaired) electrons. The Morgan fingerprint density at radius 1 is 1.31 bits per heavy atom. The van der Waals surface area contributed by atoms with Gasteiger partial charge in [-0.15, -0.1) is 0 Å². The van der Waals surface area contributed by atoms with Crippen molar-refractivity contribution in [1.82, 2.24) is 0 Å². The molecule has 134 valence electrons. The fraction of sp³-hybridized carbons (Fsp3) is 0.300. The Bertz CT molecular complexity index is 897. The number of benzene rings is 2. The molecular formula is C20H19ClN2O3. The number of nitro benzene ring substituents is 1. The van der Waals surface area contributed by atoms with Gasteiger partial charge in [0.1, 0.15) is 11.4 Å². The number of halogens is 1. The average molecular weight is 371 g/mol. The molecule has 0 amide bonds. The van der Waals surface area contributed by atoms with Crippen LogP contribution in [-0.2, 0) is 0 Å². The number of nitro groups is 1. The maximum atomic E-state index is 11.7. The van der Waals surface area contributed by atoms with Gasteiger partial charge in [-0.1, -0.05) is 42.0 Å². The highest BCUT2D eigenvalue weighted by Crippen LogP contribution is 2.53. The Labute approximate surface area is 156 Å². The zero-order valence-electron chi connectivity index (χ0n) is 14.3. The average Bonchev–Trinajstić information content (AvgIpc) is 3.11. The second kappa shape index (κ2) is 6.65. The van der Waals surface area contributed by atoms with Crippen molar-refractivity contribution in [3.8, 4) is 5.75 Å². The monoisotopic (exact) mass is 370 g/mol. The Morgan fingerprint density at radius 2 is 2.12 bits per heavy atom. The van der Waals surface area contributed by atoms with Crippen LogP contribution < -0.4 is 10.1 Å². The molecule has 0 unspecified atom stereocenters. The predicted molar refractivity (Wildman–Crippen MR) is 102 cm³/mol. The molecule has 1 heterocycles. The van der Waals surface area contributed by atoms with Crippen molar-refractivity contribution in [2.24, 2.45) is 5.92 Å². The van der Waals surface area contributed by atoms with Crippen LogP contribution in [0.1, 0.15) is 36.4 Å². The van der Waals surface area contributed by atoms with Crippen LogP contribution in [0.5, 0.6) is 5.75 Å². The minimum atomic E-state index is -0.350. The molecule has 0 aromatic heterocycles. The van der Waals surface area contributed by atoms with Gasteiger partial charge in [-0.3, -0.25) is 10.1 Å². The standard InChI is InChI=1S/C20H19ClN2O3/c1-2-26-12-10-16-13-7-5-8-14(13)19(15-6-3-4-9-17(15)21)22-20(16)18(11-12)23(24)25/h3-7,9-11,13-14,19,22H,2,8H2,1H3/t13-,14-,19-/m0/s1. The quantitative estimate of drug-likeness (QED) is 0.440. The van der Waals surface area contributed by atoms with Crippen molar-refractivity contribution >= 4 is 23.0 Å². The van der Waals surface area contributed by atoms with E-state index in [1.165, 1.54) is 6.07 Å². The Morgan fingerprint density at radius 3 is 2.85 bits per heavy atom. The Balaban J connectivity index is 1.87. The van der Waals surface area contributed by atoms with Gasteiger partial charge in [0.15, 0.2) is 0 Å². The molecule has 3 atom stereocenters. The zero-order valence-corrected chi connectivity index (χ0v) is 15.1. The highest BCUT2D eigenvalue weighted by atomic mass is 35.5. The highest BCUT2D eigenvalue weighted by Gasteiger charge is 2.41. The third kappa shape index (κ3) is 2.72. The normalized spacial score (nSPS) is 23.1. The fourth-order valence-corrected chi connectivity index (χ4v) is 4.34. The lowest BCUT2D eigenvalue weighted by Crippen LogP contribution is -2.29. The first-order chi connectivity index (χ1) is 12.6. The maximum absolute atomic E-state index is 11.7. The largest absolute Gasteiger partial charge is 0.494 e. The van der Waals surface area contributed by atoms with E-state index in [-0.39, 0.29) is 28.5 Å². The first-order valence-corrected chi connectivity index (χ1v) is 9.10. The second-order valence-electron chi connectivity index (χ2n) is 6.59. The molecule has 0 saturated heterocycles. The summed E-state index contributed by atoms with van der Waals surface area (Å²) in [7, 11) is 0. The van der Waals surface area contributed by atoms with Gasteiger partial charge in [0.2, 0.25) is 0 Å². The summed E-state index contributed by atoms with van der Waals surface area (Å²) in [6, 6.07) is 11.0. The summed E-state index contributed by atoms with van der Waals surface area (Å²) in [5.74, 6) is 0.903. The molecule has 0 fully saturated rings. The molecule has 5 nitrogen and oxygen atoms in total. The van der Waals surface area contributed by atoms with Crippen molar-refractivity contribution in [1.29, 1.82) is 0 Å². The second-order valence-corrected chi connectivity index (χ2v) is 7.00. The van der Waals surface area contributed by atoms with E-state index in [0.717, 1.165) is 17.5 Å². The van der Waals surface area contributed by atoms with Gasteiger partial charge in [-0.05, 0) is 42.5 Å². The lowest BCUT2D eigenvalue weighted by Gasteiger charge is -2.37. The molecule has 2 aliphatic rings. The summed E-state index contributed by atoms with van der Waals surface area (Å²) in [4.78, 5) is 11.3. The highest BCUT2D eigenvalue weighted by molar-refractivity contribution is 6.31. The van der Waals surface area contributed by atoms with E-state index < -0.39 is 0 Å². The number of hydrogen-bond donors (Lipinski definition) is 1. The van der Waals surface area contributed by atoms with Gasteiger partial charge in [-0.2, -0.15) is 0 Å². The van der Waals surface area contributed by atoms with Gasteiger partial charge in [0.25, 0.3) is 5.69 Å². The Kier molecular flexibility index (Phi) is 4.32. The van der Waals surface area contributed by atoms with Crippen LogP contribution in [-0.4, -0.2) is 11.5 Å². The Hall–Kier alpha value is -2.53. The van der Waals surface area contributed by atoms with E-state index in [1.54, 1.807) is 0 Å². The molecule has 0 bridgehead atoms. The fourth-order valence-electron chi connectivity index (χ4n) is 4.08. The number of rotatable bonds is 4. The molecule has 0 spiro atoms. The zero-order chi connectivity index (χ0) is 18.3. The molecule has 1 N–H and O–H groups in total. The summed E-state index contributed by atoms with van der Waals surface area (Å²) in [5.41, 5.74) is 2.50. The molecule has 26 heavy (non-hydrogen) atoms. The smallest absolute Gasteiger partial charge is 0.296 e. The molecule has 1 aliphatic carbocycles.